The highest BCUT2D eigenvalue weighted by atomic mass is 35.5. The van der Waals surface area contributed by atoms with Gasteiger partial charge in [-0.3, -0.25) is 10.1 Å². The van der Waals surface area contributed by atoms with Gasteiger partial charge in [-0.25, -0.2) is 0 Å². The summed E-state index contributed by atoms with van der Waals surface area (Å²) < 4.78 is 5.58. The molecular formula is C14H14ClN3O3. The van der Waals surface area contributed by atoms with E-state index < -0.39 is 4.92 Å². The van der Waals surface area contributed by atoms with Crippen LogP contribution in [-0.2, 0) is 0 Å². The minimum Gasteiger partial charge on any atom is -0.434 e. The Balaban J connectivity index is 2.45. The second kappa shape index (κ2) is 5.97. The second-order valence-corrected chi connectivity index (χ2v) is 4.88. The molecule has 0 aliphatic rings. The Morgan fingerprint density at radius 3 is 2.43 bits per heavy atom. The molecule has 1 N–H and O–H groups in total. The predicted octanol–water partition coefficient (Wildman–Crippen LogP) is 4.09. The van der Waals surface area contributed by atoms with Crippen molar-refractivity contribution in [3.63, 3.8) is 0 Å². The SMILES string of the molecule is CNc1ccc([N+](=O)[O-])c(Oc2cc(C)c(Cl)c(C)c2)n1. The summed E-state index contributed by atoms with van der Waals surface area (Å²) in [5, 5.41) is 14.5. The van der Waals surface area contributed by atoms with Crippen LogP contribution >= 0.6 is 11.6 Å². The van der Waals surface area contributed by atoms with Crippen molar-refractivity contribution in [3.8, 4) is 11.6 Å². The zero-order valence-corrected chi connectivity index (χ0v) is 12.6. The summed E-state index contributed by atoms with van der Waals surface area (Å²) in [5.41, 5.74) is 1.47. The Bertz CT molecular complexity index is 681. The molecule has 0 atom stereocenters. The van der Waals surface area contributed by atoms with E-state index in [-0.39, 0.29) is 11.6 Å². The number of benzene rings is 1. The summed E-state index contributed by atoms with van der Waals surface area (Å²) in [7, 11) is 1.68. The van der Waals surface area contributed by atoms with Gasteiger partial charge in [0.25, 0.3) is 0 Å². The summed E-state index contributed by atoms with van der Waals surface area (Å²) >= 11 is 6.09. The van der Waals surface area contributed by atoms with E-state index in [2.05, 4.69) is 10.3 Å². The maximum Gasteiger partial charge on any atom is 0.331 e. The first-order valence-electron chi connectivity index (χ1n) is 6.20. The Labute approximate surface area is 126 Å². The number of pyridine rings is 1. The number of aromatic nitrogens is 1. The summed E-state index contributed by atoms with van der Waals surface area (Å²) in [6, 6.07) is 6.30. The number of halogens is 1. The number of nitrogens with zero attached hydrogens (tertiary/aromatic N) is 2. The molecule has 21 heavy (non-hydrogen) atoms. The van der Waals surface area contributed by atoms with Crippen molar-refractivity contribution < 1.29 is 9.66 Å². The van der Waals surface area contributed by atoms with Gasteiger partial charge in [0.1, 0.15) is 11.6 Å². The Hall–Kier alpha value is -2.34. The number of aryl methyl sites for hydroxylation is 2. The summed E-state index contributed by atoms with van der Waals surface area (Å²) in [6.07, 6.45) is 0. The average molecular weight is 308 g/mol. The molecule has 0 saturated heterocycles. The maximum absolute atomic E-state index is 11.0. The number of rotatable bonds is 4. The van der Waals surface area contributed by atoms with E-state index in [0.29, 0.717) is 16.6 Å². The molecule has 7 heteroatoms. The molecular weight excluding hydrogens is 294 g/mol. The van der Waals surface area contributed by atoms with Crippen molar-refractivity contribution in [2.45, 2.75) is 13.8 Å². The van der Waals surface area contributed by atoms with Gasteiger partial charge in [0, 0.05) is 18.1 Å². The van der Waals surface area contributed by atoms with E-state index >= 15 is 0 Å². The third-order valence-corrected chi connectivity index (χ3v) is 3.51. The lowest BCUT2D eigenvalue weighted by molar-refractivity contribution is -0.386. The summed E-state index contributed by atoms with van der Waals surface area (Å²) in [6.45, 7) is 3.68. The van der Waals surface area contributed by atoms with Crippen LogP contribution in [0.4, 0.5) is 11.5 Å². The second-order valence-electron chi connectivity index (χ2n) is 4.50. The molecule has 6 nitrogen and oxygen atoms in total. The lowest BCUT2D eigenvalue weighted by Gasteiger charge is -2.10. The van der Waals surface area contributed by atoms with Gasteiger partial charge in [-0.2, -0.15) is 4.98 Å². The topological polar surface area (TPSA) is 77.3 Å². The molecule has 1 aromatic heterocycles. The van der Waals surface area contributed by atoms with Crippen LogP contribution in [-0.4, -0.2) is 17.0 Å². The van der Waals surface area contributed by atoms with Gasteiger partial charge in [-0.1, -0.05) is 11.6 Å². The van der Waals surface area contributed by atoms with Crippen molar-refractivity contribution in [2.75, 3.05) is 12.4 Å². The zero-order chi connectivity index (χ0) is 15.6. The fraction of sp³-hybridized carbons (Fsp3) is 0.214. The van der Waals surface area contributed by atoms with E-state index in [1.54, 1.807) is 19.2 Å². The van der Waals surface area contributed by atoms with Gasteiger partial charge in [0.2, 0.25) is 0 Å². The molecule has 2 aromatic rings. The fourth-order valence-corrected chi connectivity index (χ4v) is 1.97. The van der Waals surface area contributed by atoms with Gasteiger partial charge in [0.15, 0.2) is 0 Å². The summed E-state index contributed by atoms with van der Waals surface area (Å²) in [5.74, 6) is 0.879. The van der Waals surface area contributed by atoms with Crippen molar-refractivity contribution in [1.29, 1.82) is 0 Å². The first kappa shape index (κ1) is 15.1. The van der Waals surface area contributed by atoms with Crippen LogP contribution in [0.2, 0.25) is 5.02 Å². The number of nitrogens with one attached hydrogen (secondary N) is 1. The Kier molecular flexibility index (Phi) is 4.28. The lowest BCUT2D eigenvalue weighted by Crippen LogP contribution is -2.00. The lowest BCUT2D eigenvalue weighted by atomic mass is 10.1. The highest BCUT2D eigenvalue weighted by Gasteiger charge is 2.19. The van der Waals surface area contributed by atoms with E-state index in [4.69, 9.17) is 16.3 Å². The summed E-state index contributed by atoms with van der Waals surface area (Å²) in [4.78, 5) is 14.6. The van der Waals surface area contributed by atoms with Crippen molar-refractivity contribution >= 4 is 23.1 Å². The highest BCUT2D eigenvalue weighted by molar-refractivity contribution is 6.32. The van der Waals surface area contributed by atoms with E-state index in [0.717, 1.165) is 11.1 Å². The number of ether oxygens (including phenoxy) is 1. The van der Waals surface area contributed by atoms with Gasteiger partial charge in [-0.15, -0.1) is 0 Å². The van der Waals surface area contributed by atoms with Crippen molar-refractivity contribution in [2.24, 2.45) is 0 Å². The molecule has 1 heterocycles. The Morgan fingerprint density at radius 2 is 1.90 bits per heavy atom. The monoisotopic (exact) mass is 307 g/mol. The quantitative estimate of drug-likeness (QED) is 0.680. The van der Waals surface area contributed by atoms with Gasteiger partial charge < -0.3 is 10.1 Å². The Morgan fingerprint density at radius 1 is 1.29 bits per heavy atom. The van der Waals surface area contributed by atoms with Crippen molar-refractivity contribution in [3.05, 3.63) is 50.5 Å². The zero-order valence-electron chi connectivity index (χ0n) is 11.8. The van der Waals surface area contributed by atoms with Crippen LogP contribution in [0.25, 0.3) is 0 Å². The van der Waals surface area contributed by atoms with Crippen LogP contribution in [0.1, 0.15) is 11.1 Å². The molecule has 0 aliphatic heterocycles. The third kappa shape index (κ3) is 3.22. The standard InChI is InChI=1S/C14H14ClN3O3/c1-8-6-10(7-9(2)13(8)15)21-14-11(18(19)20)4-5-12(16-3)17-14/h4-7H,1-3H3,(H,16,17). The molecule has 0 unspecified atom stereocenters. The number of anilines is 1. The molecule has 2 rings (SSSR count). The minimum absolute atomic E-state index is 0.0621. The van der Waals surface area contributed by atoms with Gasteiger partial charge in [0.05, 0.1) is 4.92 Å². The fourth-order valence-electron chi connectivity index (χ4n) is 1.86. The number of hydrogen-bond donors (Lipinski definition) is 1. The van der Waals surface area contributed by atoms with Crippen LogP contribution in [0.5, 0.6) is 11.6 Å². The molecule has 0 amide bonds. The smallest absolute Gasteiger partial charge is 0.331 e. The molecule has 0 fully saturated rings. The highest BCUT2D eigenvalue weighted by Crippen LogP contribution is 2.33. The third-order valence-electron chi connectivity index (χ3n) is 2.92. The molecule has 0 saturated carbocycles. The van der Waals surface area contributed by atoms with Gasteiger partial charge >= 0.3 is 11.6 Å². The molecule has 0 spiro atoms. The van der Waals surface area contributed by atoms with Crippen LogP contribution in [0.15, 0.2) is 24.3 Å². The van der Waals surface area contributed by atoms with Crippen LogP contribution in [0, 0.1) is 24.0 Å². The van der Waals surface area contributed by atoms with E-state index in [1.165, 1.54) is 12.1 Å². The number of hydrogen-bond acceptors (Lipinski definition) is 5. The van der Waals surface area contributed by atoms with Crippen LogP contribution in [0.3, 0.4) is 0 Å². The van der Waals surface area contributed by atoms with Gasteiger partial charge in [-0.05, 0) is 43.2 Å². The van der Waals surface area contributed by atoms with E-state index in [1.807, 2.05) is 13.8 Å². The van der Waals surface area contributed by atoms with E-state index in [9.17, 15) is 10.1 Å². The van der Waals surface area contributed by atoms with Crippen LogP contribution < -0.4 is 10.1 Å². The first-order valence-corrected chi connectivity index (χ1v) is 6.58. The molecule has 0 aliphatic carbocycles. The predicted molar refractivity (Wildman–Crippen MR) is 81.4 cm³/mol. The number of nitro groups is 1. The molecule has 1 aromatic carbocycles. The normalized spacial score (nSPS) is 10.3. The first-order chi connectivity index (χ1) is 9.92. The average Bonchev–Trinajstić information content (AvgIpc) is 2.44. The largest absolute Gasteiger partial charge is 0.434 e. The minimum atomic E-state index is -0.530. The molecule has 110 valence electrons. The molecule has 0 bridgehead atoms. The maximum atomic E-state index is 11.0. The van der Waals surface area contributed by atoms with Crippen molar-refractivity contribution in [1.82, 2.24) is 4.98 Å². The molecule has 0 radical (unpaired) electrons.